The van der Waals surface area contributed by atoms with Crippen molar-refractivity contribution in [2.45, 2.75) is 20.4 Å². The van der Waals surface area contributed by atoms with Crippen molar-refractivity contribution >= 4 is 17.0 Å². The molecule has 3 rings (SSSR count). The molecule has 1 aromatic carbocycles. The number of benzene rings is 1. The summed E-state index contributed by atoms with van der Waals surface area (Å²) < 4.78 is 20.2. The molecule has 6 heteroatoms. The maximum Gasteiger partial charge on any atom is 0.201 e. The number of halogens is 1. The molecule has 5 nitrogen and oxygen atoms in total. The molecule has 0 aliphatic rings. The van der Waals surface area contributed by atoms with Gasteiger partial charge >= 0.3 is 0 Å². The van der Waals surface area contributed by atoms with Gasteiger partial charge in [0.15, 0.2) is 0 Å². The monoisotopic (exact) mass is 260 g/mol. The van der Waals surface area contributed by atoms with Crippen molar-refractivity contribution in [1.29, 1.82) is 0 Å². The zero-order valence-corrected chi connectivity index (χ0v) is 10.6. The first-order valence-electron chi connectivity index (χ1n) is 5.89. The van der Waals surface area contributed by atoms with Crippen LogP contribution in [0.25, 0.3) is 11.0 Å². The third kappa shape index (κ3) is 1.85. The highest BCUT2D eigenvalue weighted by molar-refractivity contribution is 5.78. The van der Waals surface area contributed by atoms with Crippen LogP contribution in [0.1, 0.15) is 17.0 Å². The number of imidazole rings is 1. The second kappa shape index (κ2) is 4.08. The van der Waals surface area contributed by atoms with Crippen molar-refractivity contribution in [2.75, 3.05) is 5.73 Å². The molecule has 0 aliphatic heterocycles. The first-order chi connectivity index (χ1) is 9.06. The first-order valence-corrected chi connectivity index (χ1v) is 5.89. The quantitative estimate of drug-likeness (QED) is 0.768. The number of hydrogen-bond donors (Lipinski definition) is 1. The molecular weight excluding hydrogens is 247 g/mol. The number of nitrogens with zero attached hydrogens (tertiary/aromatic N) is 3. The van der Waals surface area contributed by atoms with Gasteiger partial charge in [-0.25, -0.2) is 9.37 Å². The lowest BCUT2D eigenvalue weighted by atomic mass is 10.2. The Morgan fingerprint density at radius 1 is 1.37 bits per heavy atom. The number of nitrogen functional groups attached to an aromatic ring is 1. The summed E-state index contributed by atoms with van der Waals surface area (Å²) in [7, 11) is 0. The maximum atomic E-state index is 13.4. The minimum atomic E-state index is -0.313. The lowest BCUT2D eigenvalue weighted by Gasteiger charge is -2.06. The number of nitrogens with two attached hydrogens (primary N) is 1. The lowest BCUT2D eigenvalue weighted by molar-refractivity contribution is 0.392. The normalized spacial score (nSPS) is 11.3. The molecule has 0 saturated carbocycles. The molecule has 0 aliphatic carbocycles. The van der Waals surface area contributed by atoms with Crippen LogP contribution < -0.4 is 5.73 Å². The van der Waals surface area contributed by atoms with E-state index in [0.29, 0.717) is 23.5 Å². The number of anilines is 1. The standard InChI is InChI=1S/C13H13FN4O/c1-7-10(8(2)19-17-7)6-18-12-5-9(14)3-4-11(12)16-13(18)15/h3-5H,6H2,1-2H3,(H2,15,16). The van der Waals surface area contributed by atoms with Crippen molar-refractivity contribution in [1.82, 2.24) is 14.7 Å². The summed E-state index contributed by atoms with van der Waals surface area (Å²) in [5.41, 5.74) is 8.98. The van der Waals surface area contributed by atoms with Gasteiger partial charge in [0.1, 0.15) is 11.6 Å². The van der Waals surface area contributed by atoms with Gasteiger partial charge in [0.25, 0.3) is 0 Å². The van der Waals surface area contributed by atoms with E-state index in [1.807, 2.05) is 13.8 Å². The SMILES string of the molecule is Cc1noc(C)c1Cn1c(N)nc2ccc(F)cc21. The fourth-order valence-corrected chi connectivity index (χ4v) is 2.17. The van der Waals surface area contributed by atoms with Gasteiger partial charge in [-0.15, -0.1) is 0 Å². The highest BCUT2D eigenvalue weighted by Crippen LogP contribution is 2.22. The summed E-state index contributed by atoms with van der Waals surface area (Å²) in [6.07, 6.45) is 0. The van der Waals surface area contributed by atoms with Gasteiger partial charge in [-0.05, 0) is 32.0 Å². The van der Waals surface area contributed by atoms with Crippen LogP contribution in [0.3, 0.4) is 0 Å². The van der Waals surface area contributed by atoms with Gasteiger partial charge in [0, 0.05) is 5.56 Å². The molecule has 0 bridgehead atoms. The van der Waals surface area contributed by atoms with Crippen molar-refractivity contribution in [3.8, 4) is 0 Å². The minimum absolute atomic E-state index is 0.313. The van der Waals surface area contributed by atoms with E-state index in [4.69, 9.17) is 10.3 Å². The van der Waals surface area contributed by atoms with Crippen LogP contribution in [0.15, 0.2) is 22.7 Å². The highest BCUT2D eigenvalue weighted by atomic mass is 19.1. The summed E-state index contributed by atoms with van der Waals surface area (Å²) in [5.74, 6) is 0.767. The number of rotatable bonds is 2. The average Bonchev–Trinajstić information content (AvgIpc) is 2.84. The number of fused-ring (bicyclic) bond motifs is 1. The summed E-state index contributed by atoms with van der Waals surface area (Å²) in [6.45, 7) is 4.17. The van der Waals surface area contributed by atoms with Crippen LogP contribution in [-0.2, 0) is 6.54 Å². The topological polar surface area (TPSA) is 69.9 Å². The third-order valence-corrected chi connectivity index (χ3v) is 3.24. The molecule has 0 saturated heterocycles. The Morgan fingerprint density at radius 2 is 2.16 bits per heavy atom. The molecule has 2 heterocycles. The molecule has 2 N–H and O–H groups in total. The van der Waals surface area contributed by atoms with E-state index in [2.05, 4.69) is 10.1 Å². The Kier molecular flexibility index (Phi) is 2.51. The van der Waals surface area contributed by atoms with Crippen LogP contribution in [-0.4, -0.2) is 14.7 Å². The third-order valence-electron chi connectivity index (χ3n) is 3.24. The number of aromatic nitrogens is 3. The Bertz CT molecular complexity index is 740. The van der Waals surface area contributed by atoms with E-state index < -0.39 is 0 Å². The van der Waals surface area contributed by atoms with E-state index in [9.17, 15) is 4.39 Å². The second-order valence-corrected chi connectivity index (χ2v) is 4.49. The molecule has 98 valence electrons. The van der Waals surface area contributed by atoms with Crippen molar-refractivity contribution in [3.05, 3.63) is 41.0 Å². The Morgan fingerprint density at radius 3 is 2.84 bits per heavy atom. The largest absolute Gasteiger partial charge is 0.369 e. The second-order valence-electron chi connectivity index (χ2n) is 4.49. The molecule has 0 radical (unpaired) electrons. The predicted octanol–water partition coefficient (Wildman–Crippen LogP) is 2.41. The average molecular weight is 260 g/mol. The number of hydrogen-bond acceptors (Lipinski definition) is 4. The van der Waals surface area contributed by atoms with Gasteiger partial charge in [-0.1, -0.05) is 5.16 Å². The smallest absolute Gasteiger partial charge is 0.201 e. The van der Waals surface area contributed by atoms with Gasteiger partial charge in [-0.3, -0.25) is 0 Å². The summed E-state index contributed by atoms with van der Waals surface area (Å²) >= 11 is 0. The first kappa shape index (κ1) is 11.7. The van der Waals surface area contributed by atoms with E-state index in [-0.39, 0.29) is 5.82 Å². The fraction of sp³-hybridized carbons (Fsp3) is 0.231. The van der Waals surface area contributed by atoms with Crippen LogP contribution >= 0.6 is 0 Å². The summed E-state index contributed by atoms with van der Waals surface area (Å²) in [5, 5.41) is 3.90. The molecule has 0 unspecified atom stereocenters. The van der Waals surface area contributed by atoms with Gasteiger partial charge in [-0.2, -0.15) is 0 Å². The lowest BCUT2D eigenvalue weighted by Crippen LogP contribution is -2.06. The zero-order valence-electron chi connectivity index (χ0n) is 10.6. The molecule has 0 fully saturated rings. The predicted molar refractivity (Wildman–Crippen MR) is 69.2 cm³/mol. The van der Waals surface area contributed by atoms with E-state index in [0.717, 1.165) is 17.0 Å². The van der Waals surface area contributed by atoms with Crippen molar-refractivity contribution in [2.24, 2.45) is 0 Å². The molecule has 0 atom stereocenters. The van der Waals surface area contributed by atoms with Gasteiger partial charge in [0.05, 0.1) is 23.3 Å². The van der Waals surface area contributed by atoms with Crippen LogP contribution in [0, 0.1) is 19.7 Å². The van der Waals surface area contributed by atoms with Gasteiger partial charge in [0.2, 0.25) is 5.95 Å². The Balaban J connectivity index is 2.15. The van der Waals surface area contributed by atoms with Crippen LogP contribution in [0.5, 0.6) is 0 Å². The number of aryl methyl sites for hydroxylation is 2. The minimum Gasteiger partial charge on any atom is -0.369 e. The maximum absolute atomic E-state index is 13.4. The van der Waals surface area contributed by atoms with E-state index in [1.165, 1.54) is 12.1 Å². The van der Waals surface area contributed by atoms with Crippen LogP contribution in [0.4, 0.5) is 10.3 Å². The highest BCUT2D eigenvalue weighted by Gasteiger charge is 2.14. The van der Waals surface area contributed by atoms with Gasteiger partial charge < -0.3 is 14.8 Å². The Hall–Kier alpha value is -2.37. The molecule has 3 aromatic rings. The van der Waals surface area contributed by atoms with Crippen molar-refractivity contribution in [3.63, 3.8) is 0 Å². The molecule has 0 amide bonds. The summed E-state index contributed by atoms with van der Waals surface area (Å²) in [4.78, 5) is 4.22. The molecule has 19 heavy (non-hydrogen) atoms. The fourth-order valence-electron chi connectivity index (χ4n) is 2.17. The van der Waals surface area contributed by atoms with Crippen molar-refractivity contribution < 1.29 is 8.91 Å². The molecule has 2 aromatic heterocycles. The molecule has 0 spiro atoms. The zero-order chi connectivity index (χ0) is 13.6. The molecular formula is C13H13FN4O. The van der Waals surface area contributed by atoms with Crippen LogP contribution in [0.2, 0.25) is 0 Å². The summed E-state index contributed by atoms with van der Waals surface area (Å²) in [6, 6.07) is 4.41. The Labute approximate surface area is 108 Å². The van der Waals surface area contributed by atoms with E-state index >= 15 is 0 Å². The van der Waals surface area contributed by atoms with E-state index in [1.54, 1.807) is 10.6 Å².